The molecule has 3 amide bonds. The van der Waals surface area contributed by atoms with Crippen LogP contribution in [0.3, 0.4) is 0 Å². The van der Waals surface area contributed by atoms with Crippen molar-refractivity contribution in [1.29, 1.82) is 0 Å². The number of amides is 3. The number of rotatable bonds is 6. The molecule has 0 bridgehead atoms. The van der Waals surface area contributed by atoms with Crippen molar-refractivity contribution in [2.75, 3.05) is 10.6 Å². The Morgan fingerprint density at radius 3 is 2.44 bits per heavy atom. The Bertz CT molecular complexity index is 1450. The molecule has 0 fully saturated rings. The number of aryl methyl sites for hydroxylation is 1. The lowest BCUT2D eigenvalue weighted by atomic mass is 10.0. The van der Waals surface area contributed by atoms with Crippen molar-refractivity contribution in [2.45, 2.75) is 26.3 Å². The molecule has 0 unspecified atom stereocenters. The molecule has 4 N–H and O–H groups in total. The van der Waals surface area contributed by atoms with E-state index in [0.717, 1.165) is 20.9 Å². The molecule has 10 heteroatoms. The molecule has 184 valence electrons. The highest BCUT2D eigenvalue weighted by Crippen LogP contribution is 2.27. The zero-order valence-corrected chi connectivity index (χ0v) is 20.3. The molecule has 4 rings (SSSR count). The van der Waals surface area contributed by atoms with Gasteiger partial charge in [0.05, 0.1) is 27.7 Å². The van der Waals surface area contributed by atoms with Gasteiger partial charge in [0.2, 0.25) is 0 Å². The molecular weight excluding hydrogens is 482 g/mol. The first-order chi connectivity index (χ1) is 17.2. The highest BCUT2D eigenvalue weighted by Gasteiger charge is 2.19. The first-order valence-electron chi connectivity index (χ1n) is 11.1. The summed E-state index contributed by atoms with van der Waals surface area (Å²) in [5.41, 5.74) is 2.42. The number of halogens is 1. The lowest BCUT2D eigenvalue weighted by molar-refractivity contribution is 0.0941. The zero-order chi connectivity index (χ0) is 25.8. The maximum Gasteiger partial charge on any atom is 0.416 e. The van der Waals surface area contributed by atoms with E-state index in [0.29, 0.717) is 28.5 Å². The fraction of sp³-hybridized carbons (Fsp3) is 0.154. The Labute approximate surface area is 212 Å². The average molecular weight is 506 g/mol. The molecule has 0 aliphatic rings. The molecule has 0 saturated heterocycles. The van der Waals surface area contributed by atoms with Gasteiger partial charge >= 0.3 is 12.1 Å². The molecule has 4 aromatic rings. The second-order valence-electron chi connectivity index (χ2n) is 8.39. The molecule has 1 heterocycles. The minimum absolute atomic E-state index is 0.280. The highest BCUT2D eigenvalue weighted by atomic mass is 35.5. The van der Waals surface area contributed by atoms with Crippen molar-refractivity contribution in [3.63, 3.8) is 0 Å². The fourth-order valence-corrected chi connectivity index (χ4v) is 4.10. The van der Waals surface area contributed by atoms with E-state index in [1.165, 1.54) is 12.5 Å². The van der Waals surface area contributed by atoms with Crippen molar-refractivity contribution in [3.8, 4) is 0 Å². The molecule has 9 nitrogen and oxygen atoms in total. The van der Waals surface area contributed by atoms with Crippen LogP contribution < -0.4 is 16.0 Å². The monoisotopic (exact) mass is 505 g/mol. The summed E-state index contributed by atoms with van der Waals surface area (Å²) in [5.74, 6) is -0.393. The number of urea groups is 1. The number of benzene rings is 3. The van der Waals surface area contributed by atoms with Crippen LogP contribution in [0, 0.1) is 6.92 Å². The number of nitrogens with one attached hydrogen (secondary N) is 3. The van der Waals surface area contributed by atoms with Crippen LogP contribution in [-0.4, -0.2) is 38.7 Å². The summed E-state index contributed by atoms with van der Waals surface area (Å²) in [6.07, 6.45) is 1.79. The number of hydrogen-bond donors (Lipinski definition) is 4. The fourth-order valence-electron chi connectivity index (χ4n) is 3.83. The molecule has 0 saturated carbocycles. The van der Waals surface area contributed by atoms with Gasteiger partial charge in [-0.3, -0.25) is 4.79 Å². The van der Waals surface area contributed by atoms with E-state index in [1.807, 2.05) is 37.3 Å². The number of carbonyl (C=O) groups is 3. The number of carbonyl (C=O) groups excluding carboxylic acids is 2. The van der Waals surface area contributed by atoms with E-state index in [9.17, 15) is 14.4 Å². The third-order valence-electron chi connectivity index (χ3n) is 5.59. The van der Waals surface area contributed by atoms with Crippen LogP contribution in [0.2, 0.25) is 5.02 Å². The van der Waals surface area contributed by atoms with E-state index in [-0.39, 0.29) is 11.6 Å². The molecule has 1 aromatic heterocycles. The van der Waals surface area contributed by atoms with Crippen molar-refractivity contribution >= 4 is 51.8 Å². The third kappa shape index (κ3) is 5.64. The van der Waals surface area contributed by atoms with E-state index >= 15 is 0 Å². The molecule has 1 atom stereocenters. The van der Waals surface area contributed by atoms with Gasteiger partial charge in [-0.05, 0) is 48.4 Å². The van der Waals surface area contributed by atoms with Gasteiger partial charge < -0.3 is 21.1 Å². The summed E-state index contributed by atoms with van der Waals surface area (Å²) in [7, 11) is 0. The standard InChI is InChI=1S/C26H24ClN5O4/c1-15-6-5-9-21(27)23(15)31-25(34)30-22-12-18-8-4-3-7-17(18)11-20(22)24(33)29-16(2)10-19-13-32(14-28-19)26(35)36/h3-9,11-14,16H,10H2,1-2H3,(H,29,33)(H,35,36)(H2,30,31,34)/t16-/m1/s1. The topological polar surface area (TPSA) is 125 Å². The lowest BCUT2D eigenvalue weighted by Gasteiger charge is -2.17. The quantitative estimate of drug-likeness (QED) is 0.274. The van der Waals surface area contributed by atoms with Crippen LogP contribution in [-0.2, 0) is 6.42 Å². The summed E-state index contributed by atoms with van der Waals surface area (Å²) >= 11 is 6.23. The van der Waals surface area contributed by atoms with Crippen molar-refractivity contribution < 1.29 is 19.5 Å². The molecule has 0 aliphatic carbocycles. The summed E-state index contributed by atoms with van der Waals surface area (Å²) in [6, 6.07) is 15.4. The number of para-hydroxylation sites is 1. The van der Waals surface area contributed by atoms with Gasteiger partial charge in [-0.15, -0.1) is 0 Å². The Hall–Kier alpha value is -4.37. The predicted molar refractivity (Wildman–Crippen MR) is 139 cm³/mol. The van der Waals surface area contributed by atoms with Crippen molar-refractivity contribution in [2.24, 2.45) is 0 Å². The molecule has 3 aromatic carbocycles. The predicted octanol–water partition coefficient (Wildman–Crippen LogP) is 5.53. The van der Waals surface area contributed by atoms with Crippen LogP contribution >= 0.6 is 11.6 Å². The van der Waals surface area contributed by atoms with Gasteiger partial charge in [0.15, 0.2) is 0 Å². The van der Waals surface area contributed by atoms with E-state index in [2.05, 4.69) is 20.9 Å². The van der Waals surface area contributed by atoms with E-state index in [4.69, 9.17) is 16.7 Å². The molecule has 0 aliphatic heterocycles. The summed E-state index contributed by atoms with van der Waals surface area (Å²) in [5, 5.41) is 19.6. The van der Waals surface area contributed by atoms with Crippen LogP contribution in [0.15, 0.2) is 67.1 Å². The van der Waals surface area contributed by atoms with Gasteiger partial charge in [0, 0.05) is 18.7 Å². The minimum Gasteiger partial charge on any atom is -0.464 e. The summed E-state index contributed by atoms with van der Waals surface area (Å²) in [6.45, 7) is 3.62. The van der Waals surface area contributed by atoms with Crippen LogP contribution in [0.1, 0.15) is 28.5 Å². The van der Waals surface area contributed by atoms with Crippen molar-refractivity contribution in [1.82, 2.24) is 14.9 Å². The number of carboxylic acid groups (broad SMARTS) is 1. The van der Waals surface area contributed by atoms with Crippen molar-refractivity contribution in [3.05, 3.63) is 89.0 Å². The van der Waals surface area contributed by atoms with Gasteiger partial charge in [-0.1, -0.05) is 48.0 Å². The molecule has 0 spiro atoms. The maximum absolute atomic E-state index is 13.2. The molecular formula is C26H24ClN5O4. The van der Waals surface area contributed by atoms with E-state index in [1.54, 1.807) is 31.2 Å². The van der Waals surface area contributed by atoms with Crippen LogP contribution in [0.4, 0.5) is 21.0 Å². The minimum atomic E-state index is -1.14. The second kappa shape index (κ2) is 10.5. The second-order valence-corrected chi connectivity index (χ2v) is 8.80. The molecule has 0 radical (unpaired) electrons. The molecule has 36 heavy (non-hydrogen) atoms. The number of anilines is 2. The Morgan fingerprint density at radius 1 is 1.06 bits per heavy atom. The third-order valence-corrected chi connectivity index (χ3v) is 5.90. The zero-order valence-electron chi connectivity index (χ0n) is 19.6. The van der Waals surface area contributed by atoms with Gasteiger partial charge in [-0.2, -0.15) is 0 Å². The van der Waals surface area contributed by atoms with E-state index < -0.39 is 18.0 Å². The van der Waals surface area contributed by atoms with Gasteiger partial charge in [-0.25, -0.2) is 19.1 Å². The smallest absolute Gasteiger partial charge is 0.416 e. The lowest BCUT2D eigenvalue weighted by Crippen LogP contribution is -2.35. The van der Waals surface area contributed by atoms with Gasteiger partial charge in [0.1, 0.15) is 6.33 Å². The Kier molecular flexibility index (Phi) is 7.21. The number of imidazole rings is 1. The largest absolute Gasteiger partial charge is 0.464 e. The van der Waals surface area contributed by atoms with Crippen LogP contribution in [0.25, 0.3) is 10.8 Å². The normalized spacial score (nSPS) is 11.6. The maximum atomic E-state index is 13.2. The highest BCUT2D eigenvalue weighted by molar-refractivity contribution is 6.34. The van der Waals surface area contributed by atoms with Gasteiger partial charge in [0.25, 0.3) is 5.91 Å². The summed E-state index contributed by atoms with van der Waals surface area (Å²) in [4.78, 5) is 41.2. The first-order valence-corrected chi connectivity index (χ1v) is 11.5. The SMILES string of the molecule is Cc1cccc(Cl)c1NC(=O)Nc1cc2ccccc2cc1C(=O)N[C@H](C)Cc1cn(C(=O)O)cn1. The Morgan fingerprint density at radius 2 is 1.78 bits per heavy atom. The number of fused-ring (bicyclic) bond motifs is 1. The number of aromatic nitrogens is 2. The first kappa shape index (κ1) is 24.7. The van der Waals surface area contributed by atoms with Crippen LogP contribution in [0.5, 0.6) is 0 Å². The summed E-state index contributed by atoms with van der Waals surface area (Å²) < 4.78 is 0.953. The average Bonchev–Trinajstić information content (AvgIpc) is 3.29. The number of hydrogen-bond acceptors (Lipinski definition) is 4. The Balaban J connectivity index is 1.56. The number of nitrogens with zero attached hydrogens (tertiary/aromatic N) is 2.